The van der Waals surface area contributed by atoms with E-state index in [0.29, 0.717) is 11.1 Å². The van der Waals surface area contributed by atoms with Gasteiger partial charge in [-0.1, -0.05) is 342 Å². The normalized spacial score (nSPS) is 12.1. The number of hydrogen-bond donors (Lipinski definition) is 2. The lowest BCUT2D eigenvalue weighted by Gasteiger charge is -2.32. The van der Waals surface area contributed by atoms with Crippen LogP contribution in [0.2, 0.25) is 0 Å². The van der Waals surface area contributed by atoms with Crippen LogP contribution in [0.1, 0.15) is 164 Å². The highest BCUT2D eigenvalue weighted by Crippen LogP contribution is 2.46. The molecule has 1 aliphatic carbocycles. The van der Waals surface area contributed by atoms with Crippen LogP contribution < -0.4 is 0 Å². The molecule has 0 bridgehead atoms. The summed E-state index contributed by atoms with van der Waals surface area (Å²) in [6, 6.07) is 130. The number of hydrogen-bond acceptors (Lipinski definition) is 3. The van der Waals surface area contributed by atoms with Gasteiger partial charge in [-0.15, -0.1) is 0 Å². The number of halogens is 5. The molecular formula is C118H108Br2F3N3O3. The van der Waals surface area contributed by atoms with Gasteiger partial charge < -0.3 is 28.7 Å². The zero-order valence-electron chi connectivity index (χ0n) is 75.5. The topological polar surface area (TPSA) is 72.3 Å². The second-order valence-corrected chi connectivity index (χ2v) is 38.6. The molecule has 129 heavy (non-hydrogen) atoms. The van der Waals surface area contributed by atoms with Crippen LogP contribution in [0, 0.1) is 17.5 Å². The first-order chi connectivity index (χ1) is 61.6. The first kappa shape index (κ1) is 91.0. The van der Waals surface area contributed by atoms with Gasteiger partial charge in [0.25, 0.3) is 0 Å². The van der Waals surface area contributed by atoms with Gasteiger partial charge in [-0.05, 0) is 247 Å². The molecule has 11 heteroatoms. The summed E-state index contributed by atoms with van der Waals surface area (Å²) in [6.07, 6.45) is 1.04. The number of rotatable bonds is 13. The molecule has 648 valence electrons. The number of nitrogens with zero attached hydrogens (tertiary/aromatic N) is 3. The minimum absolute atomic E-state index is 0.167. The number of para-hydroxylation sites is 5. The highest BCUT2D eigenvalue weighted by molar-refractivity contribution is 9.11. The van der Waals surface area contributed by atoms with Crippen molar-refractivity contribution in [2.24, 2.45) is 0 Å². The highest BCUT2D eigenvalue weighted by Gasteiger charge is 2.33. The largest absolute Gasteiger partial charge is 0.386 e. The molecule has 0 radical (unpaired) electrons. The van der Waals surface area contributed by atoms with Crippen molar-refractivity contribution in [2.75, 3.05) is 0 Å². The quantitative estimate of drug-likeness (QED) is 0.121. The van der Waals surface area contributed by atoms with Crippen molar-refractivity contribution in [3.8, 4) is 28.2 Å². The van der Waals surface area contributed by atoms with Gasteiger partial charge in [0.05, 0.1) is 44.3 Å². The molecule has 0 atom stereocenters. The summed E-state index contributed by atoms with van der Waals surface area (Å²) in [6.45, 7) is 27.4. The summed E-state index contributed by atoms with van der Waals surface area (Å²) < 4.78 is 48.9. The second-order valence-electron chi connectivity index (χ2n) is 36.8. The van der Waals surface area contributed by atoms with Gasteiger partial charge >= 0.3 is 0 Å². The van der Waals surface area contributed by atoms with Gasteiger partial charge in [-0.25, -0.2) is 13.2 Å². The Morgan fingerprint density at radius 3 is 0.876 bits per heavy atom. The predicted octanol–water partition coefficient (Wildman–Crippen LogP) is 31.6. The minimum Gasteiger partial charge on any atom is -0.386 e. The molecule has 3 heterocycles. The molecule has 0 spiro atoms. The van der Waals surface area contributed by atoms with Crippen LogP contribution in [0.5, 0.6) is 0 Å². The van der Waals surface area contributed by atoms with Crippen molar-refractivity contribution in [1.29, 1.82) is 0 Å². The summed E-state index contributed by atoms with van der Waals surface area (Å²) in [4.78, 5) is 9.44. The average Bonchev–Trinajstić information content (AvgIpc) is 1.56. The molecule has 3 aromatic heterocycles. The molecule has 16 aromatic carbocycles. The number of Topliss-reactive ketones (excluding diaryl/α,β-unsaturated/α-hetero) is 1. The van der Waals surface area contributed by atoms with Crippen molar-refractivity contribution in [2.45, 2.75) is 136 Å². The Kier molecular flexibility index (Phi) is 26.5. The Balaban J connectivity index is 0.000000136. The smallest absolute Gasteiger partial charge is 0.126 e. The molecule has 0 aliphatic heterocycles. The van der Waals surface area contributed by atoms with Crippen LogP contribution in [0.3, 0.4) is 0 Å². The second kappa shape index (κ2) is 37.5. The number of fused-ring (bicyclic) bond motifs is 12. The molecule has 0 amide bonds. The van der Waals surface area contributed by atoms with Crippen molar-refractivity contribution in [1.82, 2.24) is 13.7 Å². The van der Waals surface area contributed by atoms with Gasteiger partial charge in [0.15, 0.2) is 0 Å². The first-order valence-electron chi connectivity index (χ1n) is 43.8. The van der Waals surface area contributed by atoms with Crippen molar-refractivity contribution < 1.29 is 28.2 Å². The van der Waals surface area contributed by atoms with E-state index in [1.807, 2.05) is 36.4 Å². The van der Waals surface area contributed by atoms with E-state index in [1.165, 1.54) is 176 Å². The molecule has 0 saturated carbocycles. The van der Waals surface area contributed by atoms with E-state index >= 15 is 0 Å². The molecule has 0 fully saturated rings. The maximum atomic E-state index is 14.5. The molecule has 19 aromatic rings. The molecule has 6 nitrogen and oxygen atoms in total. The van der Waals surface area contributed by atoms with Crippen LogP contribution in [-0.4, -0.2) is 29.7 Å². The third-order valence-corrected chi connectivity index (χ3v) is 26.1. The molecular weight excluding hydrogens is 1720 g/mol. The Labute approximate surface area is 772 Å². The standard InChI is InChI=1S/C48H40N2.C25H17N.C24H25F.C12H17FO2.C6H3Br2F.C3H6O/c1-47(2,33-17-7-5-8-18-33)35-29-36(48(3,4)34-19-9-6-10-20-34)31-38(30-35)50-45-26-16-13-23-41(45)42-32-37(27-28-46(42)50)49-43-24-14-11-21-39(43)40-22-12-15-25-44(40)49;1-2-8-20-17(7-1)15-18-13-14-19(16-23(18)20)26-24-11-5-3-9-21(24)22-10-4-6-12-25(22)26;1-23(2,18-11-7-5-8-12-18)20-15-21(17-22(25)16-20)24(3,4)19-13-9-6-10-14-19;1-11(2,14)8-5-9(12(3,4)15)7-10(13)6-8;7-4-1-5(8)3-6(9)2-4;1-3(2)4/h5-32H,1-4H3;1-14,16H,15H2;5-17H,1-4H3;5-7,14-15H,1-4H3;1-3H;1-2H3. The summed E-state index contributed by atoms with van der Waals surface area (Å²) in [5.74, 6) is -0.705. The maximum Gasteiger partial charge on any atom is 0.126 e. The fourth-order valence-corrected chi connectivity index (χ4v) is 18.9. The maximum absolute atomic E-state index is 14.5. The molecule has 2 N–H and O–H groups in total. The van der Waals surface area contributed by atoms with E-state index < -0.39 is 17.0 Å². The Morgan fingerprint density at radius 2 is 0.519 bits per heavy atom. The fourth-order valence-electron chi connectivity index (χ4n) is 17.7. The summed E-state index contributed by atoms with van der Waals surface area (Å²) in [5, 5.41) is 27.2. The number of aromatic nitrogens is 3. The van der Waals surface area contributed by atoms with Crippen LogP contribution in [0.25, 0.3) is 93.6 Å². The Hall–Kier alpha value is -12.7. The van der Waals surface area contributed by atoms with Crippen molar-refractivity contribution in [3.63, 3.8) is 0 Å². The zero-order valence-corrected chi connectivity index (χ0v) is 78.7. The number of benzene rings is 16. The van der Waals surface area contributed by atoms with Crippen molar-refractivity contribution >= 4 is 103 Å². The van der Waals surface area contributed by atoms with Crippen molar-refractivity contribution in [3.05, 3.63) is 469 Å². The fraction of sp³-hybridized carbons (Fsp3) is 0.178. The zero-order chi connectivity index (χ0) is 91.5. The predicted molar refractivity (Wildman–Crippen MR) is 540 cm³/mol. The number of ketones is 1. The van der Waals surface area contributed by atoms with E-state index in [9.17, 15) is 28.2 Å². The highest BCUT2D eigenvalue weighted by atomic mass is 79.9. The van der Waals surface area contributed by atoms with Gasteiger partial charge in [0.1, 0.15) is 23.2 Å². The lowest BCUT2D eigenvalue weighted by Crippen LogP contribution is -2.23. The van der Waals surface area contributed by atoms with E-state index in [1.54, 1.807) is 52.0 Å². The Morgan fingerprint density at radius 1 is 0.256 bits per heavy atom. The number of carbonyl (C=O) groups is 1. The van der Waals surface area contributed by atoms with Gasteiger partial charge in [0.2, 0.25) is 0 Å². The first-order valence-corrected chi connectivity index (χ1v) is 45.4. The van der Waals surface area contributed by atoms with E-state index in [0.717, 1.165) is 26.5 Å². The van der Waals surface area contributed by atoms with Crippen LogP contribution in [0.4, 0.5) is 13.2 Å². The third kappa shape index (κ3) is 19.5. The summed E-state index contributed by atoms with van der Waals surface area (Å²) >= 11 is 6.29. The molecule has 20 rings (SSSR count). The summed E-state index contributed by atoms with van der Waals surface area (Å²) in [5.41, 5.74) is 23.9. The monoisotopic (exact) mass is 1830 g/mol. The third-order valence-electron chi connectivity index (χ3n) is 25.2. The minimum atomic E-state index is -1.11. The Bertz CT molecular complexity index is 6940. The average molecular weight is 1830 g/mol. The lowest BCUT2D eigenvalue weighted by molar-refractivity contribution is -0.115. The number of carbonyl (C=O) groups excluding carboxylic acids is 1. The summed E-state index contributed by atoms with van der Waals surface area (Å²) in [7, 11) is 0. The van der Waals surface area contributed by atoms with Crippen LogP contribution >= 0.6 is 31.9 Å². The van der Waals surface area contributed by atoms with Crippen LogP contribution in [-0.2, 0) is 44.1 Å². The number of aliphatic hydroxyl groups is 2. The van der Waals surface area contributed by atoms with Gasteiger partial charge in [-0.3, -0.25) is 0 Å². The van der Waals surface area contributed by atoms with E-state index in [-0.39, 0.29) is 39.1 Å². The van der Waals surface area contributed by atoms with Gasteiger partial charge in [-0.2, -0.15) is 0 Å². The molecule has 0 unspecified atom stereocenters. The van der Waals surface area contributed by atoms with Gasteiger partial charge in [0, 0.05) is 80.0 Å². The van der Waals surface area contributed by atoms with E-state index in [4.69, 9.17) is 0 Å². The van der Waals surface area contributed by atoms with Crippen LogP contribution in [0.15, 0.2) is 385 Å². The molecule has 0 saturated heterocycles. The van der Waals surface area contributed by atoms with E-state index in [2.05, 4.69) is 392 Å². The SMILES string of the molecule is CC(C)(O)c1cc(F)cc(C(C)(C)O)c1.CC(C)(c1ccccc1)c1cc(-n2c3ccccc3c3cc(-n4c5ccccc5c5ccccc54)ccc32)cc(C(C)(C)c2ccccc2)c1.CC(C)(c1ccccc1)c1cc(F)cc(C(C)(C)c2ccccc2)c1.CC(C)=O.Fc1cc(Br)cc(Br)c1.c1ccc2c(c1)Cc1ccc(-n3c4ccccc4c4ccccc43)cc1-2. The lowest BCUT2D eigenvalue weighted by atomic mass is 9.73. The molecule has 1 aliphatic rings.